The minimum absolute atomic E-state index is 0.0158. The molecule has 23 heavy (non-hydrogen) atoms. The van der Waals surface area contributed by atoms with Gasteiger partial charge in [-0.3, -0.25) is 9.69 Å². The van der Waals surface area contributed by atoms with Crippen LogP contribution in [0.25, 0.3) is 0 Å². The van der Waals surface area contributed by atoms with E-state index in [2.05, 4.69) is 24.1 Å². The summed E-state index contributed by atoms with van der Waals surface area (Å²) in [5.74, 6) is 0.803. The van der Waals surface area contributed by atoms with Crippen molar-refractivity contribution in [2.45, 2.75) is 32.0 Å². The van der Waals surface area contributed by atoms with Gasteiger partial charge in [0.15, 0.2) is 11.5 Å². The predicted octanol–water partition coefficient (Wildman–Crippen LogP) is 1.54. The van der Waals surface area contributed by atoms with Gasteiger partial charge in [0.1, 0.15) is 0 Å². The summed E-state index contributed by atoms with van der Waals surface area (Å²) in [6.07, 6.45) is -0.0158. The van der Waals surface area contributed by atoms with Crippen LogP contribution < -0.4 is 14.8 Å². The lowest BCUT2D eigenvalue weighted by Gasteiger charge is -2.20. The fourth-order valence-corrected chi connectivity index (χ4v) is 2.91. The van der Waals surface area contributed by atoms with Crippen LogP contribution in [-0.4, -0.2) is 63.4 Å². The molecule has 1 amide bonds. The maximum atomic E-state index is 12.7. The van der Waals surface area contributed by atoms with E-state index in [1.807, 2.05) is 0 Å². The zero-order valence-corrected chi connectivity index (χ0v) is 14.5. The van der Waals surface area contributed by atoms with Crippen molar-refractivity contribution in [2.24, 2.45) is 0 Å². The van der Waals surface area contributed by atoms with Gasteiger partial charge in [-0.05, 0) is 26.0 Å². The van der Waals surface area contributed by atoms with Crippen LogP contribution >= 0.6 is 0 Å². The molecule has 1 aromatic carbocycles. The van der Waals surface area contributed by atoms with Crippen molar-refractivity contribution in [1.82, 2.24) is 10.2 Å². The SMILES string of the molecule is COc1cccc(C(=O)N[C@@H]2CN(C(C)C)C[C@H]2OC)c1OC. The molecular weight excluding hydrogens is 296 g/mol. The van der Waals surface area contributed by atoms with Gasteiger partial charge in [0.2, 0.25) is 0 Å². The number of rotatable bonds is 6. The number of para-hydroxylation sites is 1. The highest BCUT2D eigenvalue weighted by Crippen LogP contribution is 2.30. The summed E-state index contributed by atoms with van der Waals surface area (Å²) in [6.45, 7) is 5.87. The number of likely N-dealkylation sites (tertiary alicyclic amines) is 1. The van der Waals surface area contributed by atoms with Crippen molar-refractivity contribution >= 4 is 5.91 Å². The lowest BCUT2D eigenvalue weighted by atomic mass is 10.1. The number of amides is 1. The van der Waals surface area contributed by atoms with E-state index in [9.17, 15) is 4.79 Å². The highest BCUT2D eigenvalue weighted by Gasteiger charge is 2.35. The van der Waals surface area contributed by atoms with E-state index in [4.69, 9.17) is 14.2 Å². The van der Waals surface area contributed by atoms with E-state index < -0.39 is 0 Å². The van der Waals surface area contributed by atoms with Crippen LogP contribution in [0.15, 0.2) is 18.2 Å². The zero-order chi connectivity index (χ0) is 17.0. The van der Waals surface area contributed by atoms with Crippen LogP contribution in [0.3, 0.4) is 0 Å². The van der Waals surface area contributed by atoms with E-state index in [-0.39, 0.29) is 18.1 Å². The fourth-order valence-electron chi connectivity index (χ4n) is 2.91. The minimum atomic E-state index is -0.182. The first kappa shape index (κ1) is 17.6. The van der Waals surface area contributed by atoms with Crippen LogP contribution in [0.2, 0.25) is 0 Å². The van der Waals surface area contributed by atoms with Gasteiger partial charge in [0.05, 0.1) is 31.9 Å². The topological polar surface area (TPSA) is 60.0 Å². The van der Waals surface area contributed by atoms with Gasteiger partial charge < -0.3 is 19.5 Å². The molecule has 1 heterocycles. The molecule has 6 heteroatoms. The van der Waals surface area contributed by atoms with E-state index >= 15 is 0 Å². The smallest absolute Gasteiger partial charge is 0.255 e. The number of hydrogen-bond acceptors (Lipinski definition) is 5. The molecule has 2 atom stereocenters. The number of ether oxygens (including phenoxy) is 3. The summed E-state index contributed by atoms with van der Waals surface area (Å²) in [5, 5.41) is 3.07. The lowest BCUT2D eigenvalue weighted by molar-refractivity contribution is 0.0751. The van der Waals surface area contributed by atoms with Gasteiger partial charge in [-0.15, -0.1) is 0 Å². The standard InChI is InChI=1S/C17H26N2O4/c1-11(2)19-9-13(15(10-19)22-4)18-17(20)12-7-6-8-14(21-3)16(12)23-5/h6-8,11,13,15H,9-10H2,1-5H3,(H,18,20)/t13-,15-/m1/s1. The number of carbonyl (C=O) groups is 1. The summed E-state index contributed by atoms with van der Waals surface area (Å²) < 4.78 is 16.1. The van der Waals surface area contributed by atoms with Crippen LogP contribution in [0.1, 0.15) is 24.2 Å². The molecule has 0 radical (unpaired) electrons. The van der Waals surface area contributed by atoms with E-state index in [1.165, 1.54) is 7.11 Å². The molecule has 0 aliphatic carbocycles. The average Bonchev–Trinajstić information content (AvgIpc) is 2.97. The highest BCUT2D eigenvalue weighted by atomic mass is 16.5. The molecule has 1 aliphatic rings. The first-order valence-electron chi connectivity index (χ1n) is 7.80. The molecule has 0 bridgehead atoms. The van der Waals surface area contributed by atoms with Gasteiger partial charge in [-0.2, -0.15) is 0 Å². The maximum absolute atomic E-state index is 12.7. The Bertz CT molecular complexity index is 547. The summed E-state index contributed by atoms with van der Waals surface area (Å²) in [4.78, 5) is 15.0. The molecular formula is C17H26N2O4. The van der Waals surface area contributed by atoms with E-state index in [0.717, 1.165) is 13.1 Å². The third-order valence-corrected chi connectivity index (χ3v) is 4.29. The number of hydrogen-bond donors (Lipinski definition) is 1. The normalized spacial score (nSPS) is 21.5. The van der Waals surface area contributed by atoms with Crippen LogP contribution in [0, 0.1) is 0 Å². The Morgan fingerprint density at radius 1 is 1.22 bits per heavy atom. The van der Waals surface area contributed by atoms with E-state index in [0.29, 0.717) is 23.1 Å². The Labute approximate surface area is 137 Å². The average molecular weight is 322 g/mol. The third-order valence-electron chi connectivity index (χ3n) is 4.29. The van der Waals surface area contributed by atoms with Crippen molar-refractivity contribution in [1.29, 1.82) is 0 Å². The number of nitrogens with zero attached hydrogens (tertiary/aromatic N) is 1. The number of carbonyl (C=O) groups excluding carboxylic acids is 1. The van der Waals surface area contributed by atoms with Gasteiger partial charge in [-0.25, -0.2) is 0 Å². The van der Waals surface area contributed by atoms with Gasteiger partial charge >= 0.3 is 0 Å². The molecule has 0 spiro atoms. The first-order valence-corrected chi connectivity index (χ1v) is 7.80. The minimum Gasteiger partial charge on any atom is -0.493 e. The Balaban J connectivity index is 2.16. The van der Waals surface area contributed by atoms with Gasteiger partial charge in [-0.1, -0.05) is 6.07 Å². The molecule has 1 N–H and O–H groups in total. The number of nitrogens with one attached hydrogen (secondary N) is 1. The first-order chi connectivity index (χ1) is 11.0. The van der Waals surface area contributed by atoms with E-state index in [1.54, 1.807) is 32.4 Å². The molecule has 1 fully saturated rings. The summed E-state index contributed by atoms with van der Waals surface area (Å²) in [7, 11) is 4.76. The predicted molar refractivity (Wildman–Crippen MR) is 88.3 cm³/mol. The highest BCUT2D eigenvalue weighted by molar-refractivity contribution is 5.98. The van der Waals surface area contributed by atoms with Gasteiger partial charge in [0.25, 0.3) is 5.91 Å². The molecule has 128 valence electrons. The molecule has 1 aliphatic heterocycles. The molecule has 0 unspecified atom stereocenters. The molecule has 1 aromatic rings. The monoisotopic (exact) mass is 322 g/mol. The largest absolute Gasteiger partial charge is 0.493 e. The Morgan fingerprint density at radius 2 is 1.96 bits per heavy atom. The summed E-state index contributed by atoms with van der Waals surface area (Å²) in [6, 6.07) is 5.64. The number of benzene rings is 1. The van der Waals surface area contributed by atoms with Crippen molar-refractivity contribution in [3.05, 3.63) is 23.8 Å². The summed E-state index contributed by atoms with van der Waals surface area (Å²) in [5.41, 5.74) is 0.463. The van der Waals surface area contributed by atoms with Crippen molar-refractivity contribution in [3.8, 4) is 11.5 Å². The second-order valence-corrected chi connectivity index (χ2v) is 5.94. The molecule has 0 saturated carbocycles. The maximum Gasteiger partial charge on any atom is 0.255 e. The third kappa shape index (κ3) is 3.76. The number of methoxy groups -OCH3 is 3. The molecule has 1 saturated heterocycles. The molecule has 0 aromatic heterocycles. The van der Waals surface area contributed by atoms with Crippen LogP contribution in [0.5, 0.6) is 11.5 Å². The van der Waals surface area contributed by atoms with Crippen LogP contribution in [-0.2, 0) is 4.74 Å². The lowest BCUT2D eigenvalue weighted by Crippen LogP contribution is -2.43. The van der Waals surface area contributed by atoms with Crippen molar-refractivity contribution in [2.75, 3.05) is 34.4 Å². The Morgan fingerprint density at radius 3 is 2.52 bits per heavy atom. The second kappa shape index (κ2) is 7.66. The quantitative estimate of drug-likeness (QED) is 0.861. The summed E-state index contributed by atoms with van der Waals surface area (Å²) >= 11 is 0. The zero-order valence-electron chi connectivity index (χ0n) is 14.5. The van der Waals surface area contributed by atoms with Crippen molar-refractivity contribution < 1.29 is 19.0 Å². The molecule has 2 rings (SSSR count). The second-order valence-electron chi connectivity index (χ2n) is 5.94. The Kier molecular flexibility index (Phi) is 5.85. The fraction of sp³-hybridized carbons (Fsp3) is 0.588. The van der Waals surface area contributed by atoms with Gasteiger partial charge in [0, 0.05) is 26.2 Å². The molecule has 6 nitrogen and oxygen atoms in total. The van der Waals surface area contributed by atoms with Crippen molar-refractivity contribution in [3.63, 3.8) is 0 Å². The Hall–Kier alpha value is -1.79. The van der Waals surface area contributed by atoms with Crippen LogP contribution in [0.4, 0.5) is 0 Å².